The van der Waals surface area contributed by atoms with Gasteiger partial charge in [0.2, 0.25) is 0 Å². The van der Waals surface area contributed by atoms with Crippen LogP contribution in [0.15, 0.2) is 102 Å². The summed E-state index contributed by atoms with van der Waals surface area (Å²) in [5, 5.41) is 0. The van der Waals surface area contributed by atoms with Crippen LogP contribution in [0.5, 0.6) is 0 Å². The molecule has 0 aromatic heterocycles. The highest BCUT2D eigenvalue weighted by Gasteiger charge is 2.21. The van der Waals surface area contributed by atoms with Crippen LogP contribution < -0.4 is 4.90 Å². The molecule has 1 aliphatic heterocycles. The average molecular weight is 324 g/mol. The second-order valence-electron chi connectivity index (χ2n) is 6.19. The van der Waals surface area contributed by atoms with Gasteiger partial charge in [0.1, 0.15) is 6.17 Å². The maximum Gasteiger partial charge on any atom is 0.145 e. The number of allylic oxidation sites excluding steroid dienone is 1. The lowest BCUT2D eigenvalue weighted by Gasteiger charge is -2.28. The van der Waals surface area contributed by atoms with E-state index in [0.29, 0.717) is 0 Å². The summed E-state index contributed by atoms with van der Waals surface area (Å²) >= 11 is 0. The van der Waals surface area contributed by atoms with Crippen molar-refractivity contribution >= 4 is 17.1 Å². The first-order valence-corrected chi connectivity index (χ1v) is 8.54. The predicted molar refractivity (Wildman–Crippen MR) is 106 cm³/mol. The number of hydrogen-bond donors (Lipinski definition) is 0. The summed E-state index contributed by atoms with van der Waals surface area (Å²) in [5.41, 5.74) is 5.72. The van der Waals surface area contributed by atoms with Crippen LogP contribution in [0, 0.1) is 6.92 Å². The number of para-hydroxylation sites is 1. The van der Waals surface area contributed by atoms with Gasteiger partial charge < -0.3 is 4.90 Å². The van der Waals surface area contributed by atoms with Crippen LogP contribution in [-0.4, -0.2) is 11.9 Å². The van der Waals surface area contributed by atoms with Gasteiger partial charge in [-0.2, -0.15) is 0 Å². The molecule has 0 radical (unpaired) electrons. The monoisotopic (exact) mass is 324 g/mol. The number of rotatable bonds is 4. The van der Waals surface area contributed by atoms with Gasteiger partial charge in [-0.1, -0.05) is 66.2 Å². The molecule has 1 atom stereocenters. The molecular formula is C23H20N2. The minimum atomic E-state index is -0.0414. The third-order valence-corrected chi connectivity index (χ3v) is 4.38. The van der Waals surface area contributed by atoms with Crippen molar-refractivity contribution in [2.75, 3.05) is 4.90 Å². The fourth-order valence-electron chi connectivity index (χ4n) is 3.08. The zero-order valence-electron chi connectivity index (χ0n) is 14.2. The van der Waals surface area contributed by atoms with Gasteiger partial charge >= 0.3 is 0 Å². The van der Waals surface area contributed by atoms with Crippen molar-refractivity contribution in [2.24, 2.45) is 4.99 Å². The van der Waals surface area contributed by atoms with Crippen molar-refractivity contribution in [3.63, 3.8) is 0 Å². The van der Waals surface area contributed by atoms with Crippen molar-refractivity contribution in [3.8, 4) is 0 Å². The molecule has 25 heavy (non-hydrogen) atoms. The van der Waals surface area contributed by atoms with E-state index in [4.69, 9.17) is 4.99 Å². The molecule has 0 saturated heterocycles. The van der Waals surface area contributed by atoms with Gasteiger partial charge in [-0.3, -0.25) is 4.99 Å². The first kappa shape index (κ1) is 15.4. The summed E-state index contributed by atoms with van der Waals surface area (Å²) in [4.78, 5) is 7.24. The fraction of sp³-hybridized carbons (Fsp3) is 0.0870. The van der Waals surface area contributed by atoms with Gasteiger partial charge in [-0.15, -0.1) is 0 Å². The minimum Gasteiger partial charge on any atom is -0.315 e. The standard InChI is InChI=1S/C23H20N2/c1-18-12-14-21(15-13-18)25(20-10-6-3-7-11-20)23-17-16-22(24-23)19-8-4-2-5-9-19/h2-17,23H,1H3. The Bertz CT molecular complexity index is 894. The molecule has 2 heteroatoms. The van der Waals surface area contributed by atoms with E-state index in [9.17, 15) is 0 Å². The zero-order valence-corrected chi connectivity index (χ0v) is 14.2. The topological polar surface area (TPSA) is 15.6 Å². The number of anilines is 2. The van der Waals surface area contributed by atoms with Crippen LogP contribution in [0.1, 0.15) is 11.1 Å². The second-order valence-corrected chi connectivity index (χ2v) is 6.19. The van der Waals surface area contributed by atoms with Crippen LogP contribution in [-0.2, 0) is 0 Å². The van der Waals surface area contributed by atoms with Crippen molar-refractivity contribution in [2.45, 2.75) is 13.1 Å². The van der Waals surface area contributed by atoms with Crippen molar-refractivity contribution in [3.05, 3.63) is 108 Å². The second kappa shape index (κ2) is 6.78. The first-order valence-electron chi connectivity index (χ1n) is 8.54. The van der Waals surface area contributed by atoms with Crippen LogP contribution in [0.3, 0.4) is 0 Å². The molecule has 0 spiro atoms. The third-order valence-electron chi connectivity index (χ3n) is 4.38. The lowest BCUT2D eigenvalue weighted by molar-refractivity contribution is 0.840. The Labute approximate surface area is 148 Å². The number of aryl methyl sites for hydroxylation is 1. The van der Waals surface area contributed by atoms with E-state index in [2.05, 4.69) is 84.6 Å². The Morgan fingerprint density at radius 1 is 0.720 bits per heavy atom. The highest BCUT2D eigenvalue weighted by atomic mass is 15.3. The smallest absolute Gasteiger partial charge is 0.145 e. The lowest BCUT2D eigenvalue weighted by Crippen LogP contribution is -2.26. The Balaban J connectivity index is 1.74. The molecule has 1 aliphatic rings. The van der Waals surface area contributed by atoms with Crippen molar-refractivity contribution in [1.29, 1.82) is 0 Å². The summed E-state index contributed by atoms with van der Waals surface area (Å²) in [6.45, 7) is 2.11. The highest BCUT2D eigenvalue weighted by molar-refractivity contribution is 6.10. The summed E-state index contributed by atoms with van der Waals surface area (Å²) in [6, 6.07) is 29.4. The van der Waals surface area contributed by atoms with Crippen LogP contribution >= 0.6 is 0 Å². The van der Waals surface area contributed by atoms with E-state index in [1.807, 2.05) is 24.3 Å². The lowest BCUT2D eigenvalue weighted by atomic mass is 10.1. The molecule has 0 N–H and O–H groups in total. The van der Waals surface area contributed by atoms with Crippen LogP contribution in [0.4, 0.5) is 11.4 Å². The summed E-state index contributed by atoms with van der Waals surface area (Å²) in [5.74, 6) is 0. The van der Waals surface area contributed by atoms with E-state index in [1.54, 1.807) is 0 Å². The molecule has 1 unspecified atom stereocenters. The molecule has 0 bridgehead atoms. The molecule has 0 fully saturated rings. The highest BCUT2D eigenvalue weighted by Crippen LogP contribution is 2.31. The summed E-state index contributed by atoms with van der Waals surface area (Å²) in [6.07, 6.45) is 4.24. The molecule has 2 nitrogen and oxygen atoms in total. The van der Waals surface area contributed by atoms with Crippen molar-refractivity contribution < 1.29 is 0 Å². The first-order chi connectivity index (χ1) is 12.3. The van der Waals surface area contributed by atoms with Gasteiger partial charge in [0.05, 0.1) is 5.71 Å². The fourth-order valence-corrected chi connectivity index (χ4v) is 3.08. The number of aliphatic imine (C=N–C) groups is 1. The normalized spacial score (nSPS) is 15.9. The van der Waals surface area contributed by atoms with Gasteiger partial charge in [0.15, 0.2) is 0 Å². The largest absolute Gasteiger partial charge is 0.315 e. The number of benzene rings is 3. The molecule has 0 saturated carbocycles. The Morgan fingerprint density at radius 2 is 1.32 bits per heavy atom. The zero-order chi connectivity index (χ0) is 17.1. The van der Waals surface area contributed by atoms with Gasteiger partial charge in [0.25, 0.3) is 0 Å². The van der Waals surface area contributed by atoms with Gasteiger partial charge in [0, 0.05) is 11.4 Å². The quantitative estimate of drug-likeness (QED) is 0.617. The molecule has 0 aliphatic carbocycles. The molecule has 1 heterocycles. The number of nitrogens with zero attached hydrogens (tertiary/aromatic N) is 2. The Kier molecular flexibility index (Phi) is 4.17. The predicted octanol–water partition coefficient (Wildman–Crippen LogP) is 5.52. The summed E-state index contributed by atoms with van der Waals surface area (Å²) in [7, 11) is 0. The van der Waals surface area contributed by atoms with Gasteiger partial charge in [-0.05, 0) is 48.9 Å². The van der Waals surface area contributed by atoms with E-state index in [1.165, 1.54) is 5.56 Å². The molecule has 122 valence electrons. The average Bonchev–Trinajstić information content (AvgIpc) is 3.15. The SMILES string of the molecule is Cc1ccc(N(c2ccccc2)C2C=CC(c3ccccc3)=N2)cc1. The Morgan fingerprint density at radius 3 is 2.00 bits per heavy atom. The van der Waals surface area contributed by atoms with E-state index in [0.717, 1.165) is 22.6 Å². The van der Waals surface area contributed by atoms with E-state index >= 15 is 0 Å². The maximum absolute atomic E-state index is 4.97. The minimum absolute atomic E-state index is 0.0414. The molecule has 4 rings (SSSR count). The van der Waals surface area contributed by atoms with E-state index < -0.39 is 0 Å². The molecular weight excluding hydrogens is 304 g/mol. The van der Waals surface area contributed by atoms with Crippen LogP contribution in [0.25, 0.3) is 0 Å². The summed E-state index contributed by atoms with van der Waals surface area (Å²) < 4.78 is 0. The van der Waals surface area contributed by atoms with Crippen molar-refractivity contribution in [1.82, 2.24) is 0 Å². The van der Waals surface area contributed by atoms with Crippen LogP contribution in [0.2, 0.25) is 0 Å². The van der Waals surface area contributed by atoms with E-state index in [-0.39, 0.29) is 6.17 Å². The molecule has 3 aromatic carbocycles. The Hall–Kier alpha value is -3.13. The number of hydrogen-bond acceptors (Lipinski definition) is 2. The third kappa shape index (κ3) is 3.24. The molecule has 0 amide bonds. The molecule has 3 aromatic rings. The van der Waals surface area contributed by atoms with Gasteiger partial charge in [-0.25, -0.2) is 0 Å². The maximum atomic E-state index is 4.97.